The third kappa shape index (κ3) is 1.93. The number of aldehydes is 1. The summed E-state index contributed by atoms with van der Waals surface area (Å²) < 4.78 is 5.11. The molecule has 1 aromatic carbocycles. The van der Waals surface area contributed by atoms with E-state index in [4.69, 9.17) is 4.74 Å². The number of aryl methyl sites for hydroxylation is 2. The normalized spacial score (nSPS) is 12.3. The summed E-state index contributed by atoms with van der Waals surface area (Å²) >= 11 is 0. The molecule has 0 saturated heterocycles. The van der Waals surface area contributed by atoms with Crippen LogP contribution in [0.1, 0.15) is 22.8 Å². The fourth-order valence-corrected chi connectivity index (χ4v) is 1.56. The van der Waals surface area contributed by atoms with E-state index in [1.54, 1.807) is 6.07 Å². The third-order valence-electron chi connectivity index (χ3n) is 2.14. The van der Waals surface area contributed by atoms with Crippen molar-refractivity contribution in [3.8, 4) is 5.75 Å². The predicted octanol–water partition coefficient (Wildman–Crippen LogP) is 1.54. The first kappa shape index (κ1) is 10.7. The van der Waals surface area contributed by atoms with Gasteiger partial charge in [0, 0.05) is 5.56 Å². The van der Waals surface area contributed by atoms with Crippen LogP contribution in [0.25, 0.3) is 0 Å². The smallest absolute Gasteiger partial charge is 0.153 e. The minimum Gasteiger partial charge on any atom is -0.496 e. The van der Waals surface area contributed by atoms with E-state index in [0.29, 0.717) is 17.6 Å². The molecule has 0 aromatic heterocycles. The number of methoxy groups -OCH3 is 1. The monoisotopic (exact) mass is 194 g/mol. The number of carbonyl (C=O) groups is 1. The molecule has 0 aliphatic rings. The summed E-state index contributed by atoms with van der Waals surface area (Å²) in [6.07, 6.45) is -0.606. The molecule has 14 heavy (non-hydrogen) atoms. The molecule has 1 unspecified atom stereocenters. The van der Waals surface area contributed by atoms with Crippen molar-refractivity contribution in [2.24, 2.45) is 0 Å². The molecule has 1 N–H and O–H groups in total. The van der Waals surface area contributed by atoms with Gasteiger partial charge in [0.15, 0.2) is 6.29 Å². The van der Waals surface area contributed by atoms with Gasteiger partial charge >= 0.3 is 0 Å². The maximum Gasteiger partial charge on any atom is 0.153 e. The number of hydrogen-bond acceptors (Lipinski definition) is 3. The Balaban J connectivity index is 3.31. The van der Waals surface area contributed by atoms with E-state index in [2.05, 4.69) is 0 Å². The van der Waals surface area contributed by atoms with Crippen molar-refractivity contribution in [2.45, 2.75) is 20.0 Å². The zero-order chi connectivity index (χ0) is 10.7. The first-order chi connectivity index (χ1) is 6.60. The van der Waals surface area contributed by atoms with Crippen LogP contribution < -0.4 is 4.74 Å². The van der Waals surface area contributed by atoms with Crippen LogP contribution in [-0.4, -0.2) is 18.5 Å². The Kier molecular flexibility index (Phi) is 3.25. The quantitative estimate of drug-likeness (QED) is 0.742. The highest BCUT2D eigenvalue weighted by Gasteiger charge is 2.15. The highest BCUT2D eigenvalue weighted by Crippen LogP contribution is 2.28. The summed E-state index contributed by atoms with van der Waals surface area (Å²) in [6, 6.07) is 3.71. The van der Waals surface area contributed by atoms with Crippen LogP contribution in [-0.2, 0) is 4.79 Å². The minimum atomic E-state index is -1.11. The van der Waals surface area contributed by atoms with Gasteiger partial charge in [0.05, 0.1) is 7.11 Å². The first-order valence-corrected chi connectivity index (χ1v) is 4.38. The Morgan fingerprint density at radius 1 is 1.43 bits per heavy atom. The summed E-state index contributed by atoms with van der Waals surface area (Å²) in [7, 11) is 1.52. The molecule has 0 fully saturated rings. The van der Waals surface area contributed by atoms with Crippen molar-refractivity contribution in [2.75, 3.05) is 7.11 Å². The van der Waals surface area contributed by atoms with Gasteiger partial charge in [0.2, 0.25) is 0 Å². The van der Waals surface area contributed by atoms with E-state index < -0.39 is 6.10 Å². The largest absolute Gasteiger partial charge is 0.496 e. The molecule has 0 aliphatic carbocycles. The van der Waals surface area contributed by atoms with Crippen molar-refractivity contribution in [1.82, 2.24) is 0 Å². The Morgan fingerprint density at radius 2 is 2.07 bits per heavy atom. The lowest BCUT2D eigenvalue weighted by Gasteiger charge is -2.14. The number of ether oxygens (including phenoxy) is 1. The average molecular weight is 194 g/mol. The number of aliphatic hydroxyl groups excluding tert-OH is 1. The van der Waals surface area contributed by atoms with Crippen LogP contribution in [0.2, 0.25) is 0 Å². The number of rotatable bonds is 3. The van der Waals surface area contributed by atoms with E-state index >= 15 is 0 Å². The van der Waals surface area contributed by atoms with E-state index in [-0.39, 0.29) is 0 Å². The molecule has 0 heterocycles. The second-order valence-corrected chi connectivity index (χ2v) is 3.28. The predicted molar refractivity (Wildman–Crippen MR) is 53.5 cm³/mol. The van der Waals surface area contributed by atoms with Gasteiger partial charge < -0.3 is 14.6 Å². The van der Waals surface area contributed by atoms with Crippen LogP contribution in [0, 0.1) is 13.8 Å². The van der Waals surface area contributed by atoms with Crippen LogP contribution >= 0.6 is 0 Å². The summed E-state index contributed by atoms with van der Waals surface area (Å²) in [6.45, 7) is 3.78. The standard InChI is InChI=1S/C11H14O3/c1-7-4-8(2)11(9(13)6-12)10(5-7)14-3/h4-6,9,13H,1-3H3. The van der Waals surface area contributed by atoms with Gasteiger partial charge in [-0.05, 0) is 31.0 Å². The van der Waals surface area contributed by atoms with Crippen LogP contribution in [0.4, 0.5) is 0 Å². The van der Waals surface area contributed by atoms with E-state index in [9.17, 15) is 9.90 Å². The molecule has 3 nitrogen and oxygen atoms in total. The maximum absolute atomic E-state index is 10.5. The maximum atomic E-state index is 10.5. The minimum absolute atomic E-state index is 0.500. The van der Waals surface area contributed by atoms with E-state index in [1.807, 2.05) is 19.9 Å². The molecule has 0 saturated carbocycles. The first-order valence-electron chi connectivity index (χ1n) is 4.38. The third-order valence-corrected chi connectivity index (χ3v) is 2.14. The fourth-order valence-electron chi connectivity index (χ4n) is 1.56. The fraction of sp³-hybridized carbons (Fsp3) is 0.364. The van der Waals surface area contributed by atoms with Crippen molar-refractivity contribution in [3.63, 3.8) is 0 Å². The lowest BCUT2D eigenvalue weighted by atomic mass is 10.0. The summed E-state index contributed by atoms with van der Waals surface area (Å²) in [5.41, 5.74) is 2.45. The topological polar surface area (TPSA) is 46.5 Å². The Morgan fingerprint density at radius 3 is 2.57 bits per heavy atom. The second-order valence-electron chi connectivity index (χ2n) is 3.28. The van der Waals surface area contributed by atoms with Crippen LogP contribution in [0.5, 0.6) is 5.75 Å². The molecule has 0 radical (unpaired) electrons. The molecule has 0 bridgehead atoms. The lowest BCUT2D eigenvalue weighted by molar-refractivity contribution is -0.115. The van der Waals surface area contributed by atoms with Crippen molar-refractivity contribution in [3.05, 3.63) is 28.8 Å². The molecule has 1 rings (SSSR count). The zero-order valence-electron chi connectivity index (χ0n) is 8.57. The Hall–Kier alpha value is -1.35. The van der Waals surface area contributed by atoms with Crippen LogP contribution in [0.3, 0.4) is 0 Å². The zero-order valence-corrected chi connectivity index (χ0v) is 8.57. The molecule has 76 valence electrons. The molecule has 0 aliphatic heterocycles. The number of carbonyl (C=O) groups excluding carboxylic acids is 1. The van der Waals surface area contributed by atoms with Gasteiger partial charge in [-0.2, -0.15) is 0 Å². The number of hydrogen-bond donors (Lipinski definition) is 1. The molecule has 0 spiro atoms. The Bertz CT molecular complexity index is 345. The number of aliphatic hydroxyl groups is 1. The van der Waals surface area contributed by atoms with Gasteiger partial charge in [0.1, 0.15) is 11.9 Å². The SMILES string of the molecule is COc1cc(C)cc(C)c1C(O)C=O. The lowest BCUT2D eigenvalue weighted by Crippen LogP contribution is -2.04. The summed E-state index contributed by atoms with van der Waals surface area (Å²) in [5.74, 6) is 0.558. The average Bonchev–Trinajstić information content (AvgIpc) is 2.15. The number of benzene rings is 1. The van der Waals surface area contributed by atoms with Gasteiger partial charge in [-0.1, -0.05) is 6.07 Å². The molecule has 1 atom stereocenters. The van der Waals surface area contributed by atoms with E-state index in [0.717, 1.165) is 11.1 Å². The van der Waals surface area contributed by atoms with E-state index in [1.165, 1.54) is 7.11 Å². The van der Waals surface area contributed by atoms with Gasteiger partial charge in [-0.3, -0.25) is 0 Å². The van der Waals surface area contributed by atoms with Gasteiger partial charge in [0.25, 0.3) is 0 Å². The highest BCUT2D eigenvalue weighted by atomic mass is 16.5. The molecule has 0 amide bonds. The van der Waals surface area contributed by atoms with Crippen molar-refractivity contribution < 1.29 is 14.6 Å². The van der Waals surface area contributed by atoms with Gasteiger partial charge in [-0.25, -0.2) is 0 Å². The summed E-state index contributed by atoms with van der Waals surface area (Å²) in [4.78, 5) is 10.5. The highest BCUT2D eigenvalue weighted by molar-refractivity contribution is 5.64. The van der Waals surface area contributed by atoms with Gasteiger partial charge in [-0.15, -0.1) is 0 Å². The van der Waals surface area contributed by atoms with Crippen molar-refractivity contribution >= 4 is 6.29 Å². The second kappa shape index (κ2) is 4.24. The van der Waals surface area contributed by atoms with Crippen LogP contribution in [0.15, 0.2) is 12.1 Å². The Labute approximate surface area is 83.3 Å². The molecular formula is C11H14O3. The molecule has 3 heteroatoms. The summed E-state index contributed by atoms with van der Waals surface area (Å²) in [5, 5.41) is 9.46. The molecule has 1 aromatic rings. The van der Waals surface area contributed by atoms with Crippen molar-refractivity contribution in [1.29, 1.82) is 0 Å². The molecular weight excluding hydrogens is 180 g/mol.